The number of thioether (sulfide) groups is 1. The number of unbranched alkanes of at least 4 members (excludes halogenated alkanes) is 2. The molecule has 2 nitrogen and oxygen atoms in total. The second-order valence-electron chi connectivity index (χ2n) is 5.25. The average molecular weight is 279 g/mol. The van der Waals surface area contributed by atoms with Crippen molar-refractivity contribution in [3.8, 4) is 5.75 Å². The quantitative estimate of drug-likeness (QED) is 0.801. The molecule has 2 N–H and O–H groups in total. The average Bonchev–Trinajstić information content (AvgIpc) is 2.45. The molecule has 3 heteroatoms. The van der Waals surface area contributed by atoms with Gasteiger partial charge in [0.15, 0.2) is 0 Å². The monoisotopic (exact) mass is 279 g/mol. The first-order chi connectivity index (χ1) is 9.26. The van der Waals surface area contributed by atoms with E-state index in [1.807, 2.05) is 6.07 Å². The van der Waals surface area contributed by atoms with Gasteiger partial charge in [0, 0.05) is 11.3 Å². The van der Waals surface area contributed by atoms with Gasteiger partial charge in [-0.05, 0) is 48.3 Å². The van der Waals surface area contributed by atoms with Crippen molar-refractivity contribution in [1.82, 2.24) is 0 Å². The number of hydrogen-bond donors (Lipinski definition) is 1. The third kappa shape index (κ3) is 3.67. The molecule has 0 spiro atoms. The van der Waals surface area contributed by atoms with Crippen LogP contribution in [-0.2, 0) is 6.42 Å². The molecular weight excluding hydrogens is 254 g/mol. The van der Waals surface area contributed by atoms with E-state index in [1.165, 1.54) is 42.6 Å². The summed E-state index contributed by atoms with van der Waals surface area (Å²) in [5.41, 5.74) is 9.14. The lowest BCUT2D eigenvalue weighted by molar-refractivity contribution is 0.412. The van der Waals surface area contributed by atoms with E-state index in [2.05, 4.69) is 30.8 Å². The number of fused-ring (bicyclic) bond motifs is 1. The number of methoxy groups -OCH3 is 1. The van der Waals surface area contributed by atoms with Crippen molar-refractivity contribution in [2.24, 2.45) is 5.73 Å². The van der Waals surface area contributed by atoms with Crippen molar-refractivity contribution in [2.45, 2.75) is 50.3 Å². The Balaban J connectivity index is 1.99. The zero-order valence-corrected chi connectivity index (χ0v) is 12.8. The van der Waals surface area contributed by atoms with Crippen LogP contribution in [0.15, 0.2) is 18.2 Å². The minimum Gasteiger partial charge on any atom is -0.497 e. The lowest BCUT2D eigenvalue weighted by atomic mass is 9.87. The SMILES string of the molecule is CCCCCSC1CCc2ccc(OC)cc2C1N. The van der Waals surface area contributed by atoms with E-state index in [4.69, 9.17) is 10.5 Å². The predicted octanol–water partition coefficient (Wildman–Crippen LogP) is 3.93. The molecule has 1 aromatic rings. The molecule has 2 rings (SSSR count). The summed E-state index contributed by atoms with van der Waals surface area (Å²) < 4.78 is 5.31. The van der Waals surface area contributed by atoms with Crippen LogP contribution in [0.1, 0.15) is 49.8 Å². The molecule has 1 aliphatic carbocycles. The number of hydrogen-bond acceptors (Lipinski definition) is 3. The van der Waals surface area contributed by atoms with Crippen molar-refractivity contribution in [1.29, 1.82) is 0 Å². The Kier molecular flexibility index (Phi) is 5.59. The van der Waals surface area contributed by atoms with Crippen molar-refractivity contribution in [2.75, 3.05) is 12.9 Å². The van der Waals surface area contributed by atoms with Crippen LogP contribution in [0.2, 0.25) is 0 Å². The van der Waals surface area contributed by atoms with Crippen LogP contribution in [0, 0.1) is 0 Å². The van der Waals surface area contributed by atoms with Gasteiger partial charge >= 0.3 is 0 Å². The number of ether oxygens (including phenoxy) is 1. The molecule has 0 heterocycles. The first kappa shape index (κ1) is 14.7. The van der Waals surface area contributed by atoms with Gasteiger partial charge in [-0.1, -0.05) is 25.8 Å². The fourth-order valence-electron chi connectivity index (χ4n) is 2.69. The van der Waals surface area contributed by atoms with Crippen LogP contribution in [0.25, 0.3) is 0 Å². The molecule has 0 bridgehead atoms. The molecule has 2 atom stereocenters. The Morgan fingerprint density at radius 3 is 2.95 bits per heavy atom. The summed E-state index contributed by atoms with van der Waals surface area (Å²) in [5.74, 6) is 2.16. The van der Waals surface area contributed by atoms with Crippen molar-refractivity contribution in [3.05, 3.63) is 29.3 Å². The van der Waals surface area contributed by atoms with E-state index in [-0.39, 0.29) is 6.04 Å². The van der Waals surface area contributed by atoms with Crippen LogP contribution in [0.3, 0.4) is 0 Å². The van der Waals surface area contributed by atoms with Crippen LogP contribution in [-0.4, -0.2) is 18.1 Å². The van der Waals surface area contributed by atoms with Crippen molar-refractivity contribution in [3.63, 3.8) is 0 Å². The van der Waals surface area contributed by atoms with E-state index in [1.54, 1.807) is 7.11 Å². The maximum absolute atomic E-state index is 6.45. The van der Waals surface area contributed by atoms with Gasteiger partial charge in [0.05, 0.1) is 7.11 Å². The van der Waals surface area contributed by atoms with Gasteiger partial charge in [-0.25, -0.2) is 0 Å². The molecule has 0 saturated heterocycles. The highest BCUT2D eigenvalue weighted by Gasteiger charge is 2.27. The molecule has 1 aliphatic rings. The predicted molar refractivity (Wildman–Crippen MR) is 84.0 cm³/mol. The smallest absolute Gasteiger partial charge is 0.119 e. The highest BCUT2D eigenvalue weighted by Crippen LogP contribution is 2.37. The van der Waals surface area contributed by atoms with E-state index in [0.29, 0.717) is 5.25 Å². The summed E-state index contributed by atoms with van der Waals surface area (Å²) in [7, 11) is 1.72. The van der Waals surface area contributed by atoms with Gasteiger partial charge in [-0.3, -0.25) is 0 Å². The van der Waals surface area contributed by atoms with E-state index in [0.717, 1.165) is 12.2 Å². The largest absolute Gasteiger partial charge is 0.497 e. The third-order valence-electron chi connectivity index (χ3n) is 3.89. The summed E-state index contributed by atoms with van der Waals surface area (Å²) in [6, 6.07) is 6.50. The fraction of sp³-hybridized carbons (Fsp3) is 0.625. The number of nitrogens with two attached hydrogens (primary N) is 1. The zero-order valence-electron chi connectivity index (χ0n) is 12.0. The molecular formula is C16H25NOS. The van der Waals surface area contributed by atoms with Crippen molar-refractivity contribution >= 4 is 11.8 Å². The van der Waals surface area contributed by atoms with Crippen LogP contribution < -0.4 is 10.5 Å². The molecule has 0 aliphatic heterocycles. The Morgan fingerprint density at radius 1 is 1.37 bits per heavy atom. The lowest BCUT2D eigenvalue weighted by Gasteiger charge is -2.31. The first-order valence-corrected chi connectivity index (χ1v) is 8.35. The third-order valence-corrected chi connectivity index (χ3v) is 5.37. The molecule has 19 heavy (non-hydrogen) atoms. The standard InChI is InChI=1S/C16H25NOS/c1-3-4-5-10-19-15-9-7-12-6-8-13(18-2)11-14(12)16(15)17/h6,8,11,15-16H,3-5,7,9-10,17H2,1-2H3. The van der Waals surface area contributed by atoms with Gasteiger partial charge < -0.3 is 10.5 Å². The molecule has 2 unspecified atom stereocenters. The number of rotatable bonds is 6. The first-order valence-electron chi connectivity index (χ1n) is 7.30. The molecule has 0 aromatic heterocycles. The molecule has 1 aromatic carbocycles. The normalized spacial score (nSPS) is 22.1. The van der Waals surface area contributed by atoms with Gasteiger partial charge in [0.2, 0.25) is 0 Å². The van der Waals surface area contributed by atoms with Gasteiger partial charge in [0.25, 0.3) is 0 Å². The summed E-state index contributed by atoms with van der Waals surface area (Å²) in [6.45, 7) is 2.25. The summed E-state index contributed by atoms with van der Waals surface area (Å²) in [4.78, 5) is 0. The van der Waals surface area contributed by atoms with E-state index < -0.39 is 0 Å². The molecule has 106 valence electrons. The lowest BCUT2D eigenvalue weighted by Crippen LogP contribution is -2.29. The van der Waals surface area contributed by atoms with Crippen LogP contribution in [0.5, 0.6) is 5.75 Å². The molecule has 0 fully saturated rings. The van der Waals surface area contributed by atoms with Crippen molar-refractivity contribution < 1.29 is 4.74 Å². The van der Waals surface area contributed by atoms with Crippen LogP contribution in [0.4, 0.5) is 0 Å². The summed E-state index contributed by atoms with van der Waals surface area (Å²) >= 11 is 2.06. The van der Waals surface area contributed by atoms with Crippen LogP contribution >= 0.6 is 11.8 Å². The number of benzene rings is 1. The zero-order chi connectivity index (χ0) is 13.7. The molecule has 0 amide bonds. The second-order valence-corrected chi connectivity index (χ2v) is 6.59. The van der Waals surface area contributed by atoms with E-state index >= 15 is 0 Å². The minimum atomic E-state index is 0.158. The van der Waals surface area contributed by atoms with Gasteiger partial charge in [-0.15, -0.1) is 0 Å². The second kappa shape index (κ2) is 7.20. The summed E-state index contributed by atoms with van der Waals surface area (Å²) in [5, 5.41) is 0.566. The fourth-order valence-corrected chi connectivity index (χ4v) is 4.00. The minimum absolute atomic E-state index is 0.158. The Bertz CT molecular complexity index is 408. The molecule has 0 radical (unpaired) electrons. The number of aryl methyl sites for hydroxylation is 1. The topological polar surface area (TPSA) is 35.2 Å². The maximum Gasteiger partial charge on any atom is 0.119 e. The Hall–Kier alpha value is -0.670. The Labute approximate surface area is 121 Å². The molecule has 0 saturated carbocycles. The van der Waals surface area contributed by atoms with Gasteiger partial charge in [-0.2, -0.15) is 11.8 Å². The van der Waals surface area contributed by atoms with E-state index in [9.17, 15) is 0 Å². The van der Waals surface area contributed by atoms with Gasteiger partial charge in [0.1, 0.15) is 5.75 Å². The summed E-state index contributed by atoms with van der Waals surface area (Å²) in [6.07, 6.45) is 6.29. The maximum atomic E-state index is 6.45. The Morgan fingerprint density at radius 2 is 2.21 bits per heavy atom. The highest BCUT2D eigenvalue weighted by atomic mass is 32.2. The highest BCUT2D eigenvalue weighted by molar-refractivity contribution is 7.99.